The molecule has 2 heterocycles. The van der Waals surface area contributed by atoms with E-state index in [-0.39, 0.29) is 11.4 Å². The first-order valence-corrected chi connectivity index (χ1v) is 9.72. The largest absolute Gasteiger partial charge is 0.467 e. The third-order valence-electron chi connectivity index (χ3n) is 5.06. The predicted molar refractivity (Wildman–Crippen MR) is 98.4 cm³/mol. The van der Waals surface area contributed by atoms with Gasteiger partial charge in [-0.2, -0.15) is 0 Å². The topological polar surface area (TPSA) is 48.3 Å². The van der Waals surface area contributed by atoms with Crippen molar-refractivity contribution in [2.75, 3.05) is 12.9 Å². The van der Waals surface area contributed by atoms with Crippen LogP contribution >= 0.6 is 11.8 Å². The number of carbonyl (C=O) groups excluding carboxylic acids is 1. The molecule has 4 rings (SSSR count). The number of fused-ring (bicyclic) bond motifs is 1. The summed E-state index contributed by atoms with van der Waals surface area (Å²) in [6, 6.07) is 6.07. The number of nitrogens with zero attached hydrogens (tertiary/aromatic N) is 1. The van der Waals surface area contributed by atoms with Gasteiger partial charge in [-0.1, -0.05) is 17.7 Å². The molecule has 0 radical (unpaired) electrons. The Morgan fingerprint density at radius 1 is 1.31 bits per heavy atom. The molecule has 1 aromatic heterocycles. The number of ether oxygens (including phenoxy) is 1. The lowest BCUT2D eigenvalue weighted by molar-refractivity contribution is -0.143. The van der Waals surface area contributed by atoms with Crippen molar-refractivity contribution in [1.29, 1.82) is 0 Å². The van der Waals surface area contributed by atoms with E-state index in [1.54, 1.807) is 16.7 Å². The van der Waals surface area contributed by atoms with Gasteiger partial charge in [0.2, 0.25) is 0 Å². The molecular formula is C20H20FNO3S. The van der Waals surface area contributed by atoms with Crippen LogP contribution in [-0.4, -0.2) is 23.4 Å². The van der Waals surface area contributed by atoms with Crippen molar-refractivity contribution in [1.82, 2.24) is 4.57 Å². The number of rotatable bonds is 4. The number of pyridine rings is 1. The predicted octanol–water partition coefficient (Wildman–Crippen LogP) is 3.58. The molecule has 0 amide bonds. The molecule has 4 nitrogen and oxygen atoms in total. The zero-order valence-electron chi connectivity index (χ0n) is 14.8. The van der Waals surface area contributed by atoms with Crippen LogP contribution in [0.5, 0.6) is 0 Å². The monoisotopic (exact) mass is 373 g/mol. The van der Waals surface area contributed by atoms with Crippen LogP contribution in [0, 0.1) is 12.7 Å². The van der Waals surface area contributed by atoms with Crippen molar-refractivity contribution in [3.05, 3.63) is 62.7 Å². The standard InChI is InChI=1S/C20H20FNO3S/c1-11-3-6-15(21)13(7-11)8-14-9-17(23)22-16(20(24)25-2)10-26-19(22)18(14)12-4-5-12/h3,6-7,9,12,16H,4-5,8,10H2,1-2H3/t16-/m0/s1. The van der Waals surface area contributed by atoms with Crippen LogP contribution in [-0.2, 0) is 16.0 Å². The number of thioether (sulfide) groups is 1. The zero-order valence-corrected chi connectivity index (χ0v) is 15.6. The molecule has 136 valence electrons. The molecule has 26 heavy (non-hydrogen) atoms. The quantitative estimate of drug-likeness (QED) is 0.769. The molecule has 2 aromatic rings. The number of esters is 1. The highest BCUT2D eigenvalue weighted by atomic mass is 32.2. The highest BCUT2D eigenvalue weighted by Crippen LogP contribution is 2.48. The maximum absolute atomic E-state index is 14.2. The van der Waals surface area contributed by atoms with E-state index < -0.39 is 12.0 Å². The molecule has 1 aliphatic carbocycles. The Balaban J connectivity index is 1.82. The van der Waals surface area contributed by atoms with Crippen LogP contribution < -0.4 is 5.56 Å². The summed E-state index contributed by atoms with van der Waals surface area (Å²) in [7, 11) is 1.34. The minimum absolute atomic E-state index is 0.215. The third kappa shape index (κ3) is 2.96. The van der Waals surface area contributed by atoms with E-state index in [2.05, 4.69) is 0 Å². The molecule has 0 spiro atoms. The summed E-state index contributed by atoms with van der Waals surface area (Å²) in [5.74, 6) is 0.253. The molecule has 2 aliphatic rings. The average molecular weight is 373 g/mol. The number of methoxy groups -OCH3 is 1. The number of hydrogen-bond acceptors (Lipinski definition) is 4. The Morgan fingerprint density at radius 3 is 2.77 bits per heavy atom. The van der Waals surface area contributed by atoms with Crippen LogP contribution in [0.2, 0.25) is 0 Å². The van der Waals surface area contributed by atoms with E-state index in [4.69, 9.17) is 4.74 Å². The summed E-state index contributed by atoms with van der Waals surface area (Å²) < 4.78 is 20.7. The van der Waals surface area contributed by atoms with Gasteiger partial charge >= 0.3 is 5.97 Å². The van der Waals surface area contributed by atoms with Crippen LogP contribution in [0.1, 0.15) is 47.1 Å². The molecule has 1 aliphatic heterocycles. The Morgan fingerprint density at radius 2 is 2.08 bits per heavy atom. The van der Waals surface area contributed by atoms with Crippen LogP contribution in [0.15, 0.2) is 34.1 Å². The number of aromatic nitrogens is 1. The van der Waals surface area contributed by atoms with Crippen molar-refractivity contribution in [3.8, 4) is 0 Å². The summed E-state index contributed by atoms with van der Waals surface area (Å²) in [6.45, 7) is 1.93. The smallest absolute Gasteiger partial charge is 0.329 e. The molecule has 0 bridgehead atoms. The van der Waals surface area contributed by atoms with Crippen molar-refractivity contribution in [3.63, 3.8) is 0 Å². The Kier molecular flexibility index (Phi) is 4.39. The van der Waals surface area contributed by atoms with Gasteiger partial charge in [-0.3, -0.25) is 9.36 Å². The van der Waals surface area contributed by atoms with Crippen molar-refractivity contribution in [2.45, 2.75) is 43.2 Å². The van der Waals surface area contributed by atoms with Gasteiger partial charge in [0.15, 0.2) is 0 Å². The van der Waals surface area contributed by atoms with Gasteiger partial charge in [-0.15, -0.1) is 11.8 Å². The van der Waals surface area contributed by atoms with Gasteiger partial charge in [0.05, 0.1) is 12.1 Å². The van der Waals surface area contributed by atoms with E-state index in [1.807, 2.05) is 13.0 Å². The van der Waals surface area contributed by atoms with Gasteiger partial charge in [-0.25, -0.2) is 9.18 Å². The lowest BCUT2D eigenvalue weighted by Crippen LogP contribution is -2.30. The minimum atomic E-state index is -0.574. The van der Waals surface area contributed by atoms with E-state index in [0.717, 1.165) is 34.6 Å². The molecule has 6 heteroatoms. The third-order valence-corrected chi connectivity index (χ3v) is 6.23. The molecule has 0 unspecified atom stereocenters. The minimum Gasteiger partial charge on any atom is -0.467 e. The SMILES string of the molecule is COC(=O)[C@@H]1CSc2c(C3CC3)c(Cc3cc(C)ccc3F)cc(=O)n21. The second-order valence-corrected chi connectivity index (χ2v) is 8.00. The Bertz CT molecular complexity index is 949. The molecular weight excluding hydrogens is 353 g/mol. The molecule has 1 saturated carbocycles. The van der Waals surface area contributed by atoms with Gasteiger partial charge in [0, 0.05) is 18.2 Å². The Labute approximate surface area is 155 Å². The normalized spacial score (nSPS) is 18.7. The second kappa shape index (κ2) is 6.58. The highest BCUT2D eigenvalue weighted by molar-refractivity contribution is 7.99. The van der Waals surface area contributed by atoms with E-state index in [9.17, 15) is 14.0 Å². The first-order chi connectivity index (χ1) is 12.5. The Hall–Kier alpha value is -2.08. The number of hydrogen-bond donors (Lipinski definition) is 0. The first kappa shape index (κ1) is 17.3. The maximum atomic E-state index is 14.2. The molecule has 1 atom stereocenters. The lowest BCUT2D eigenvalue weighted by Gasteiger charge is -2.17. The highest BCUT2D eigenvalue weighted by Gasteiger charge is 2.38. The van der Waals surface area contributed by atoms with Crippen LogP contribution in [0.25, 0.3) is 0 Å². The van der Waals surface area contributed by atoms with Crippen molar-refractivity contribution < 1.29 is 13.9 Å². The van der Waals surface area contributed by atoms with E-state index >= 15 is 0 Å². The number of halogens is 1. The maximum Gasteiger partial charge on any atom is 0.329 e. The van der Waals surface area contributed by atoms with Crippen molar-refractivity contribution in [2.24, 2.45) is 0 Å². The molecule has 1 aromatic carbocycles. The fourth-order valence-electron chi connectivity index (χ4n) is 3.65. The number of aryl methyl sites for hydroxylation is 1. The van der Waals surface area contributed by atoms with Crippen LogP contribution in [0.4, 0.5) is 4.39 Å². The molecule has 1 fully saturated rings. The van der Waals surface area contributed by atoms with Gasteiger partial charge in [0.1, 0.15) is 11.9 Å². The molecule has 0 saturated heterocycles. The zero-order chi connectivity index (χ0) is 18.4. The fourth-order valence-corrected chi connectivity index (χ4v) is 5.06. The van der Waals surface area contributed by atoms with Gasteiger partial charge < -0.3 is 4.74 Å². The summed E-state index contributed by atoms with van der Waals surface area (Å²) in [4.78, 5) is 24.8. The van der Waals surface area contributed by atoms with Crippen LogP contribution in [0.3, 0.4) is 0 Å². The van der Waals surface area contributed by atoms with E-state index in [0.29, 0.717) is 23.7 Å². The number of benzene rings is 1. The van der Waals surface area contributed by atoms with Gasteiger partial charge in [-0.05, 0) is 48.4 Å². The van der Waals surface area contributed by atoms with Gasteiger partial charge in [0.25, 0.3) is 5.56 Å². The van der Waals surface area contributed by atoms with E-state index in [1.165, 1.54) is 24.9 Å². The summed E-state index contributed by atoms with van der Waals surface area (Å²) >= 11 is 1.53. The summed E-state index contributed by atoms with van der Waals surface area (Å²) in [5, 5.41) is 0.860. The lowest BCUT2D eigenvalue weighted by atomic mass is 9.97. The summed E-state index contributed by atoms with van der Waals surface area (Å²) in [5.41, 5.74) is 3.37. The molecule has 0 N–H and O–H groups in total. The fraction of sp³-hybridized carbons (Fsp3) is 0.400. The van der Waals surface area contributed by atoms with Crippen molar-refractivity contribution >= 4 is 17.7 Å². The average Bonchev–Trinajstić information content (AvgIpc) is 3.35. The summed E-state index contributed by atoms with van der Waals surface area (Å²) in [6.07, 6.45) is 2.53. The second-order valence-electron chi connectivity index (χ2n) is 6.99. The first-order valence-electron chi connectivity index (χ1n) is 8.73. The number of carbonyl (C=O) groups is 1.